The van der Waals surface area contributed by atoms with Gasteiger partial charge in [0.25, 0.3) is 0 Å². The first-order valence-electron chi connectivity index (χ1n) is 7.42. The number of aliphatic hydroxyl groups is 1. The van der Waals surface area contributed by atoms with Gasteiger partial charge in [-0.3, -0.25) is 4.90 Å². The van der Waals surface area contributed by atoms with Crippen molar-refractivity contribution in [3.8, 4) is 0 Å². The Morgan fingerprint density at radius 1 is 1.26 bits per heavy atom. The number of anilines is 1. The Hall–Kier alpha value is -1.06. The maximum atomic E-state index is 9.54. The van der Waals surface area contributed by atoms with Gasteiger partial charge in [-0.15, -0.1) is 0 Å². The lowest BCUT2D eigenvalue weighted by Crippen LogP contribution is -2.37. The highest BCUT2D eigenvalue weighted by atomic mass is 16.3. The summed E-state index contributed by atoms with van der Waals surface area (Å²) in [6, 6.07) is 9.01. The highest BCUT2D eigenvalue weighted by Gasteiger charge is 2.26. The Morgan fingerprint density at radius 2 is 1.89 bits per heavy atom. The van der Waals surface area contributed by atoms with Gasteiger partial charge in [0.15, 0.2) is 0 Å². The van der Waals surface area contributed by atoms with Gasteiger partial charge in [-0.05, 0) is 44.1 Å². The lowest BCUT2D eigenvalue weighted by Gasteiger charge is -2.26. The molecule has 2 rings (SSSR count). The maximum absolute atomic E-state index is 9.54. The van der Waals surface area contributed by atoms with Crippen molar-refractivity contribution in [2.24, 2.45) is 0 Å². The van der Waals surface area contributed by atoms with Crippen LogP contribution in [0, 0.1) is 0 Å². The number of hydrogen-bond acceptors (Lipinski definition) is 3. The van der Waals surface area contributed by atoms with Gasteiger partial charge in [-0.25, -0.2) is 0 Å². The van der Waals surface area contributed by atoms with Crippen molar-refractivity contribution in [1.82, 2.24) is 4.90 Å². The fraction of sp³-hybridized carbons (Fsp3) is 0.625. The normalized spacial score (nSPS) is 21.1. The van der Waals surface area contributed by atoms with Crippen LogP contribution in [-0.4, -0.2) is 42.2 Å². The van der Waals surface area contributed by atoms with E-state index in [1.165, 1.54) is 12.1 Å². The molecule has 3 nitrogen and oxygen atoms in total. The predicted octanol–water partition coefficient (Wildman–Crippen LogP) is 2.66. The molecule has 1 heterocycles. The van der Waals surface area contributed by atoms with Crippen molar-refractivity contribution in [2.45, 2.75) is 39.3 Å². The van der Waals surface area contributed by atoms with Crippen molar-refractivity contribution in [3.05, 3.63) is 29.8 Å². The molecule has 1 aromatic carbocycles. The summed E-state index contributed by atoms with van der Waals surface area (Å²) in [6.45, 7) is 10.8. The Bertz CT molecular complexity index is 384. The van der Waals surface area contributed by atoms with Crippen molar-refractivity contribution < 1.29 is 5.11 Å². The highest BCUT2D eigenvalue weighted by Crippen LogP contribution is 2.24. The van der Waals surface area contributed by atoms with Crippen LogP contribution in [0.3, 0.4) is 0 Å². The highest BCUT2D eigenvalue weighted by molar-refractivity contribution is 5.49. The average molecular weight is 262 g/mol. The van der Waals surface area contributed by atoms with Crippen LogP contribution in [0.4, 0.5) is 5.69 Å². The molecular formula is C16H26N2O. The van der Waals surface area contributed by atoms with Crippen LogP contribution in [0.2, 0.25) is 0 Å². The lowest BCUT2D eigenvalue weighted by atomic mass is 10.1. The van der Waals surface area contributed by atoms with Crippen molar-refractivity contribution in [2.75, 3.05) is 31.1 Å². The second-order valence-corrected chi connectivity index (χ2v) is 5.38. The summed E-state index contributed by atoms with van der Waals surface area (Å²) in [6.07, 6.45) is 0.871. The van der Waals surface area contributed by atoms with Gasteiger partial charge in [0.1, 0.15) is 0 Å². The zero-order valence-electron chi connectivity index (χ0n) is 12.3. The third-order valence-corrected chi connectivity index (χ3v) is 4.23. The number of aliphatic hydroxyl groups excluding tert-OH is 1. The van der Waals surface area contributed by atoms with Crippen LogP contribution in [0.15, 0.2) is 24.3 Å². The Morgan fingerprint density at radius 3 is 2.42 bits per heavy atom. The molecule has 1 aromatic rings. The SMILES string of the molecule is CCN(CC)C1CCN(c2ccc(C(C)O)cc2)C1. The van der Waals surface area contributed by atoms with Crippen LogP contribution in [0.5, 0.6) is 0 Å². The molecule has 0 aromatic heterocycles. The molecule has 0 amide bonds. The molecule has 0 bridgehead atoms. The number of benzene rings is 1. The fourth-order valence-corrected chi connectivity index (χ4v) is 2.98. The first kappa shape index (κ1) is 14.4. The first-order chi connectivity index (χ1) is 9.15. The van der Waals surface area contributed by atoms with Gasteiger partial charge < -0.3 is 10.0 Å². The van der Waals surface area contributed by atoms with Crippen LogP contribution < -0.4 is 4.90 Å². The van der Waals surface area contributed by atoms with Gasteiger partial charge in [0.2, 0.25) is 0 Å². The van der Waals surface area contributed by atoms with Crippen molar-refractivity contribution in [1.29, 1.82) is 0 Å². The molecule has 2 unspecified atom stereocenters. The standard InChI is InChI=1S/C16H26N2O/c1-4-17(5-2)16-10-11-18(12-16)15-8-6-14(7-9-15)13(3)19/h6-9,13,16,19H,4-5,10-12H2,1-3H3. The van der Waals surface area contributed by atoms with Gasteiger partial charge >= 0.3 is 0 Å². The van der Waals surface area contributed by atoms with Gasteiger partial charge in [0, 0.05) is 24.8 Å². The molecule has 1 aliphatic heterocycles. The number of likely N-dealkylation sites (N-methyl/N-ethyl adjacent to an activating group) is 1. The van der Waals surface area contributed by atoms with Gasteiger partial charge in [-0.2, -0.15) is 0 Å². The molecule has 19 heavy (non-hydrogen) atoms. The topological polar surface area (TPSA) is 26.7 Å². The molecule has 2 atom stereocenters. The minimum Gasteiger partial charge on any atom is -0.389 e. The maximum Gasteiger partial charge on any atom is 0.0761 e. The summed E-state index contributed by atoms with van der Waals surface area (Å²) in [4.78, 5) is 5.00. The van der Waals surface area contributed by atoms with Gasteiger partial charge in [0.05, 0.1) is 6.10 Å². The first-order valence-corrected chi connectivity index (χ1v) is 7.42. The Kier molecular flexibility index (Phi) is 4.83. The summed E-state index contributed by atoms with van der Waals surface area (Å²) in [5.74, 6) is 0. The van der Waals surface area contributed by atoms with Crippen LogP contribution in [0.25, 0.3) is 0 Å². The van der Waals surface area contributed by atoms with E-state index in [9.17, 15) is 5.11 Å². The average Bonchev–Trinajstić information content (AvgIpc) is 2.90. The summed E-state index contributed by atoms with van der Waals surface area (Å²) in [7, 11) is 0. The molecule has 0 spiro atoms. The zero-order chi connectivity index (χ0) is 13.8. The molecule has 0 aliphatic carbocycles. The largest absolute Gasteiger partial charge is 0.389 e. The van der Waals surface area contributed by atoms with Crippen LogP contribution in [-0.2, 0) is 0 Å². The Balaban J connectivity index is 2.00. The molecule has 0 radical (unpaired) electrons. The van der Waals surface area contributed by atoms with E-state index >= 15 is 0 Å². The number of nitrogens with zero attached hydrogens (tertiary/aromatic N) is 2. The minimum atomic E-state index is -0.379. The molecule has 3 heteroatoms. The van der Waals surface area contributed by atoms with Crippen molar-refractivity contribution >= 4 is 5.69 Å². The quantitative estimate of drug-likeness (QED) is 0.884. The van der Waals surface area contributed by atoms with E-state index in [1.54, 1.807) is 6.92 Å². The molecule has 1 aliphatic rings. The Labute approximate surface area is 116 Å². The molecule has 1 saturated heterocycles. The summed E-state index contributed by atoms with van der Waals surface area (Å²) in [5, 5.41) is 9.54. The number of hydrogen-bond donors (Lipinski definition) is 1. The third-order valence-electron chi connectivity index (χ3n) is 4.23. The van der Waals surface area contributed by atoms with Crippen molar-refractivity contribution in [3.63, 3.8) is 0 Å². The van der Waals surface area contributed by atoms with E-state index in [0.717, 1.165) is 31.7 Å². The van der Waals surface area contributed by atoms with E-state index in [4.69, 9.17) is 0 Å². The second kappa shape index (κ2) is 6.40. The number of rotatable bonds is 5. The minimum absolute atomic E-state index is 0.379. The fourth-order valence-electron chi connectivity index (χ4n) is 2.98. The van der Waals surface area contributed by atoms with Crippen LogP contribution >= 0.6 is 0 Å². The molecule has 106 valence electrons. The molecular weight excluding hydrogens is 236 g/mol. The third kappa shape index (κ3) is 3.28. The molecule has 0 saturated carbocycles. The predicted molar refractivity (Wildman–Crippen MR) is 80.6 cm³/mol. The zero-order valence-corrected chi connectivity index (χ0v) is 12.3. The van der Waals surface area contributed by atoms with E-state index in [1.807, 2.05) is 12.1 Å². The summed E-state index contributed by atoms with van der Waals surface area (Å²) >= 11 is 0. The lowest BCUT2D eigenvalue weighted by molar-refractivity contribution is 0.199. The smallest absolute Gasteiger partial charge is 0.0761 e. The van der Waals surface area contributed by atoms with E-state index in [-0.39, 0.29) is 6.10 Å². The van der Waals surface area contributed by atoms with Crippen LogP contribution in [0.1, 0.15) is 38.9 Å². The monoisotopic (exact) mass is 262 g/mol. The van der Waals surface area contributed by atoms with E-state index in [2.05, 4.69) is 35.8 Å². The molecule has 1 fully saturated rings. The summed E-state index contributed by atoms with van der Waals surface area (Å²) < 4.78 is 0. The molecule has 1 N–H and O–H groups in total. The van der Waals surface area contributed by atoms with Gasteiger partial charge in [-0.1, -0.05) is 26.0 Å². The summed E-state index contributed by atoms with van der Waals surface area (Å²) in [5.41, 5.74) is 2.27. The van der Waals surface area contributed by atoms with E-state index in [0.29, 0.717) is 6.04 Å². The second-order valence-electron chi connectivity index (χ2n) is 5.38. The van der Waals surface area contributed by atoms with E-state index < -0.39 is 0 Å².